The number of nitrogens with one attached hydrogen (secondary N) is 1. The Morgan fingerprint density at radius 1 is 1.67 bits per heavy atom. The minimum atomic E-state index is -0.233. The lowest BCUT2D eigenvalue weighted by Gasteiger charge is -1.99. The van der Waals surface area contributed by atoms with Gasteiger partial charge in [0.05, 0.1) is 5.83 Å². The Kier molecular flexibility index (Phi) is 4.31. The number of aromatic amines is 1. The summed E-state index contributed by atoms with van der Waals surface area (Å²) in [5.74, 6) is -0.233. The van der Waals surface area contributed by atoms with E-state index >= 15 is 0 Å². The first kappa shape index (κ1) is 11.7. The highest BCUT2D eigenvalue weighted by atomic mass is 19.1. The van der Waals surface area contributed by atoms with Gasteiger partial charge >= 0.3 is 0 Å². The Hall–Kier alpha value is -1.35. The fraction of sp³-hybridized carbons (Fsp3) is 0.333. The molecule has 0 atom stereocenters. The summed E-state index contributed by atoms with van der Waals surface area (Å²) in [5, 5.41) is 8.74. The quantitative estimate of drug-likeness (QED) is 0.768. The van der Waals surface area contributed by atoms with E-state index in [1.54, 1.807) is 6.08 Å². The maximum atomic E-state index is 12.8. The Balaban J connectivity index is 3.00. The molecule has 0 amide bonds. The third-order valence-electron chi connectivity index (χ3n) is 2.19. The number of hydrogen-bond acceptors (Lipinski definition) is 1. The predicted octanol–water partition coefficient (Wildman–Crippen LogP) is 2.91. The first-order chi connectivity index (χ1) is 7.19. The molecule has 1 aromatic rings. The van der Waals surface area contributed by atoms with Crippen LogP contribution in [0.5, 0.6) is 0 Å². The number of aryl methyl sites for hydroxylation is 1. The standard InChI is InChI=1S/C12H16FNO/c1-3-12-11(7-9(2)13)10(8-14-12)5-4-6-15/h3,7-8,14-15H,1,4-6H2,2H3/b9-7+. The van der Waals surface area contributed by atoms with Gasteiger partial charge in [-0.1, -0.05) is 6.58 Å². The van der Waals surface area contributed by atoms with Crippen LogP contribution in [0.15, 0.2) is 18.6 Å². The van der Waals surface area contributed by atoms with Crippen molar-refractivity contribution in [2.24, 2.45) is 0 Å². The van der Waals surface area contributed by atoms with Crippen LogP contribution >= 0.6 is 0 Å². The van der Waals surface area contributed by atoms with Crippen molar-refractivity contribution < 1.29 is 9.50 Å². The van der Waals surface area contributed by atoms with E-state index in [4.69, 9.17) is 5.11 Å². The summed E-state index contributed by atoms with van der Waals surface area (Å²) in [5.41, 5.74) is 2.66. The van der Waals surface area contributed by atoms with Crippen molar-refractivity contribution in [1.82, 2.24) is 4.98 Å². The lowest BCUT2D eigenvalue weighted by Crippen LogP contribution is -1.90. The zero-order valence-electron chi connectivity index (χ0n) is 8.89. The van der Waals surface area contributed by atoms with Gasteiger partial charge in [0.25, 0.3) is 0 Å². The van der Waals surface area contributed by atoms with Crippen molar-refractivity contribution in [3.8, 4) is 0 Å². The number of rotatable bonds is 5. The van der Waals surface area contributed by atoms with E-state index < -0.39 is 0 Å². The van der Waals surface area contributed by atoms with Crippen LogP contribution in [0.2, 0.25) is 0 Å². The number of aliphatic hydroxyl groups excluding tert-OH is 1. The minimum absolute atomic E-state index is 0.145. The fourth-order valence-corrected chi connectivity index (χ4v) is 1.51. The topological polar surface area (TPSA) is 36.0 Å². The molecule has 0 bridgehead atoms. The SMILES string of the molecule is C=Cc1[nH]cc(CCCO)c1/C=C(\C)F. The van der Waals surface area contributed by atoms with E-state index in [-0.39, 0.29) is 12.4 Å². The molecule has 0 unspecified atom stereocenters. The summed E-state index contributed by atoms with van der Waals surface area (Å²) in [6, 6.07) is 0. The van der Waals surface area contributed by atoms with Gasteiger partial charge in [0.2, 0.25) is 0 Å². The monoisotopic (exact) mass is 209 g/mol. The van der Waals surface area contributed by atoms with Gasteiger partial charge in [0.15, 0.2) is 0 Å². The highest BCUT2D eigenvalue weighted by Crippen LogP contribution is 2.20. The number of H-pyrrole nitrogens is 1. The van der Waals surface area contributed by atoms with Crippen LogP contribution in [-0.2, 0) is 6.42 Å². The lowest BCUT2D eigenvalue weighted by molar-refractivity contribution is 0.288. The van der Waals surface area contributed by atoms with Crippen LogP contribution in [0, 0.1) is 0 Å². The maximum Gasteiger partial charge on any atom is 0.0975 e. The zero-order chi connectivity index (χ0) is 11.3. The van der Waals surface area contributed by atoms with Gasteiger partial charge < -0.3 is 10.1 Å². The summed E-state index contributed by atoms with van der Waals surface area (Å²) in [6.07, 6.45) is 6.40. The molecular weight excluding hydrogens is 193 g/mol. The molecule has 0 saturated heterocycles. The van der Waals surface area contributed by atoms with Crippen molar-refractivity contribution in [2.45, 2.75) is 19.8 Å². The predicted molar refractivity (Wildman–Crippen MR) is 61.0 cm³/mol. The minimum Gasteiger partial charge on any atom is -0.396 e. The Bertz CT molecular complexity index is 362. The number of halogens is 1. The summed E-state index contributed by atoms with van der Waals surface area (Å²) < 4.78 is 12.8. The second kappa shape index (κ2) is 5.51. The van der Waals surface area contributed by atoms with Crippen molar-refractivity contribution in [3.05, 3.63) is 35.4 Å². The molecule has 0 aliphatic carbocycles. The summed E-state index contributed by atoms with van der Waals surface area (Å²) in [6.45, 7) is 5.22. The van der Waals surface area contributed by atoms with Crippen molar-refractivity contribution in [1.29, 1.82) is 0 Å². The van der Waals surface area contributed by atoms with E-state index in [1.807, 2.05) is 6.20 Å². The molecule has 0 spiro atoms. The first-order valence-electron chi connectivity index (χ1n) is 4.96. The summed E-state index contributed by atoms with van der Waals surface area (Å²) in [4.78, 5) is 3.03. The van der Waals surface area contributed by atoms with Crippen LogP contribution in [0.1, 0.15) is 30.2 Å². The van der Waals surface area contributed by atoms with Crippen LogP contribution in [0.3, 0.4) is 0 Å². The van der Waals surface area contributed by atoms with Crippen LogP contribution in [0.4, 0.5) is 4.39 Å². The Morgan fingerprint density at radius 3 is 2.93 bits per heavy atom. The number of hydrogen-bond donors (Lipinski definition) is 2. The average molecular weight is 209 g/mol. The normalized spacial score (nSPS) is 11.8. The second-order valence-electron chi connectivity index (χ2n) is 3.40. The Morgan fingerprint density at radius 2 is 2.40 bits per heavy atom. The number of allylic oxidation sites excluding steroid dienone is 1. The average Bonchev–Trinajstić information content (AvgIpc) is 2.57. The van der Waals surface area contributed by atoms with Gasteiger partial charge in [-0.2, -0.15) is 0 Å². The molecule has 0 aromatic carbocycles. The molecule has 1 rings (SSSR count). The highest BCUT2D eigenvalue weighted by molar-refractivity contribution is 5.66. The smallest absolute Gasteiger partial charge is 0.0975 e. The van der Waals surface area contributed by atoms with Gasteiger partial charge in [0.1, 0.15) is 0 Å². The molecular formula is C12H16FNO. The van der Waals surface area contributed by atoms with E-state index in [1.165, 1.54) is 13.0 Å². The van der Waals surface area contributed by atoms with E-state index in [2.05, 4.69) is 11.6 Å². The number of aromatic nitrogens is 1. The molecule has 1 aromatic heterocycles. The molecule has 15 heavy (non-hydrogen) atoms. The zero-order valence-corrected chi connectivity index (χ0v) is 8.89. The number of aliphatic hydroxyl groups is 1. The van der Waals surface area contributed by atoms with Gasteiger partial charge in [-0.05, 0) is 37.5 Å². The van der Waals surface area contributed by atoms with Gasteiger partial charge in [-0.15, -0.1) is 0 Å². The highest BCUT2D eigenvalue weighted by Gasteiger charge is 2.06. The first-order valence-corrected chi connectivity index (χ1v) is 4.96. The Labute approximate surface area is 89.1 Å². The summed E-state index contributed by atoms with van der Waals surface area (Å²) in [7, 11) is 0. The van der Waals surface area contributed by atoms with Gasteiger partial charge in [-0.3, -0.25) is 0 Å². The molecule has 0 radical (unpaired) electrons. The molecule has 0 aliphatic heterocycles. The fourth-order valence-electron chi connectivity index (χ4n) is 1.51. The van der Waals surface area contributed by atoms with Crippen LogP contribution in [-0.4, -0.2) is 16.7 Å². The third kappa shape index (κ3) is 3.06. The maximum absolute atomic E-state index is 12.8. The van der Waals surface area contributed by atoms with Gasteiger partial charge in [0, 0.05) is 24.1 Å². The molecule has 82 valence electrons. The van der Waals surface area contributed by atoms with Crippen LogP contribution in [0.25, 0.3) is 12.2 Å². The molecule has 0 aliphatic rings. The molecule has 0 fully saturated rings. The molecule has 2 nitrogen and oxygen atoms in total. The molecule has 2 N–H and O–H groups in total. The molecule has 3 heteroatoms. The third-order valence-corrected chi connectivity index (χ3v) is 2.19. The largest absolute Gasteiger partial charge is 0.396 e. The van der Waals surface area contributed by atoms with Gasteiger partial charge in [-0.25, -0.2) is 4.39 Å². The van der Waals surface area contributed by atoms with E-state index in [0.717, 1.165) is 23.2 Å². The molecule has 1 heterocycles. The summed E-state index contributed by atoms with van der Waals surface area (Å²) >= 11 is 0. The lowest BCUT2D eigenvalue weighted by atomic mass is 10.1. The van der Waals surface area contributed by atoms with Crippen LogP contribution < -0.4 is 0 Å². The molecule has 0 saturated carbocycles. The second-order valence-corrected chi connectivity index (χ2v) is 3.40. The van der Waals surface area contributed by atoms with Crippen molar-refractivity contribution in [2.75, 3.05) is 6.61 Å². The van der Waals surface area contributed by atoms with E-state index in [9.17, 15) is 4.39 Å². The van der Waals surface area contributed by atoms with Crippen molar-refractivity contribution >= 4 is 12.2 Å². The van der Waals surface area contributed by atoms with Crippen molar-refractivity contribution in [3.63, 3.8) is 0 Å². The van der Waals surface area contributed by atoms with E-state index in [0.29, 0.717) is 6.42 Å².